The van der Waals surface area contributed by atoms with Crippen LogP contribution in [0.4, 0.5) is 5.69 Å². The van der Waals surface area contributed by atoms with E-state index >= 15 is 0 Å². The molecule has 0 unspecified atom stereocenters. The van der Waals surface area contributed by atoms with Gasteiger partial charge in [-0.3, -0.25) is 14.7 Å². The number of ether oxygens (including phenoxy) is 2. The van der Waals surface area contributed by atoms with Crippen molar-refractivity contribution in [2.45, 2.75) is 50.3 Å². The maximum Gasteiger partial charge on any atom is 0.225 e. The summed E-state index contributed by atoms with van der Waals surface area (Å²) in [6.45, 7) is 7.98. The quantitative estimate of drug-likeness (QED) is 0.448. The molecule has 10 nitrogen and oxygen atoms in total. The number of carbonyl (C=O) groups excluding carboxylic acids is 1. The molecule has 41 heavy (non-hydrogen) atoms. The zero-order valence-electron chi connectivity index (χ0n) is 24.5. The number of amides is 1. The molecular formula is C31H43N7O3. The number of carbonyl (C=O) groups is 1. The maximum atomic E-state index is 12.8. The third-order valence-electron chi connectivity index (χ3n) is 9.56. The SMILES string of the molecule is COC[C@@H](C)N1CCC(OC)(c2ccc(-c3cc4c(N5CCN(C(=O)[C@H]6C[C@H](N)C6)CC5)ccnn4c3)nc2)CC1. The maximum absolute atomic E-state index is 12.8. The molecule has 1 amide bonds. The van der Waals surface area contributed by atoms with Gasteiger partial charge in [0.15, 0.2) is 0 Å². The van der Waals surface area contributed by atoms with Crippen molar-refractivity contribution in [3.05, 3.63) is 48.4 Å². The molecular weight excluding hydrogens is 518 g/mol. The Bertz CT molecular complexity index is 1340. The number of piperidine rings is 1. The Balaban J connectivity index is 1.14. The van der Waals surface area contributed by atoms with E-state index in [9.17, 15) is 4.79 Å². The van der Waals surface area contributed by atoms with Gasteiger partial charge in [-0.1, -0.05) is 6.07 Å². The highest BCUT2D eigenvalue weighted by Gasteiger charge is 2.38. The van der Waals surface area contributed by atoms with Gasteiger partial charge >= 0.3 is 0 Å². The number of fused-ring (bicyclic) bond motifs is 1. The van der Waals surface area contributed by atoms with Crippen LogP contribution in [0.1, 0.15) is 38.2 Å². The molecule has 2 saturated heterocycles. The molecule has 3 fully saturated rings. The highest BCUT2D eigenvalue weighted by molar-refractivity contribution is 5.81. The number of anilines is 1. The van der Waals surface area contributed by atoms with Gasteiger partial charge in [0, 0.05) is 101 Å². The van der Waals surface area contributed by atoms with E-state index in [1.54, 1.807) is 7.11 Å². The predicted molar refractivity (Wildman–Crippen MR) is 159 cm³/mol. The Morgan fingerprint density at radius 2 is 1.85 bits per heavy atom. The Kier molecular flexibility index (Phi) is 8.00. The molecule has 6 rings (SSSR count). The van der Waals surface area contributed by atoms with Crippen molar-refractivity contribution >= 4 is 17.1 Å². The molecule has 0 bridgehead atoms. The van der Waals surface area contributed by atoms with Gasteiger partial charge in [-0.05, 0) is 50.8 Å². The van der Waals surface area contributed by atoms with E-state index in [0.717, 1.165) is 99.6 Å². The molecule has 1 saturated carbocycles. The lowest BCUT2D eigenvalue weighted by molar-refractivity contribution is -0.139. The summed E-state index contributed by atoms with van der Waals surface area (Å²) in [5.74, 6) is 0.389. The van der Waals surface area contributed by atoms with Crippen molar-refractivity contribution in [2.75, 3.05) is 65.0 Å². The average molecular weight is 562 g/mol. The van der Waals surface area contributed by atoms with Crippen molar-refractivity contribution < 1.29 is 14.3 Å². The van der Waals surface area contributed by atoms with Crippen LogP contribution in [-0.4, -0.2) is 102 Å². The number of nitrogens with two attached hydrogens (primary N) is 1. The minimum atomic E-state index is -0.316. The first kappa shape index (κ1) is 28.1. The van der Waals surface area contributed by atoms with Gasteiger partial charge in [-0.25, -0.2) is 4.52 Å². The van der Waals surface area contributed by atoms with Crippen LogP contribution in [0.25, 0.3) is 16.8 Å². The number of nitrogens with zero attached hydrogens (tertiary/aromatic N) is 6. The van der Waals surface area contributed by atoms with E-state index in [2.05, 4.69) is 46.1 Å². The number of methoxy groups -OCH3 is 2. The number of pyridine rings is 1. The number of hydrogen-bond acceptors (Lipinski definition) is 8. The van der Waals surface area contributed by atoms with Crippen LogP contribution in [0.2, 0.25) is 0 Å². The third kappa shape index (κ3) is 5.46. The molecule has 1 atom stereocenters. The lowest BCUT2D eigenvalue weighted by Crippen LogP contribution is -2.53. The fraction of sp³-hybridized carbons (Fsp3) is 0.581. The van der Waals surface area contributed by atoms with E-state index in [1.807, 2.05) is 35.1 Å². The molecule has 3 aromatic heterocycles. The molecule has 2 aliphatic heterocycles. The summed E-state index contributed by atoms with van der Waals surface area (Å²) < 4.78 is 13.4. The fourth-order valence-corrected chi connectivity index (χ4v) is 6.81. The number of hydrogen-bond donors (Lipinski definition) is 1. The first-order chi connectivity index (χ1) is 19.9. The highest BCUT2D eigenvalue weighted by Crippen LogP contribution is 2.37. The number of rotatable bonds is 8. The summed E-state index contributed by atoms with van der Waals surface area (Å²) >= 11 is 0. The van der Waals surface area contributed by atoms with Crippen molar-refractivity contribution in [2.24, 2.45) is 11.7 Å². The third-order valence-corrected chi connectivity index (χ3v) is 9.56. The van der Waals surface area contributed by atoms with Crippen LogP contribution in [0.5, 0.6) is 0 Å². The normalized spacial score (nSPS) is 23.9. The second-order valence-electron chi connectivity index (χ2n) is 12.0. The van der Waals surface area contributed by atoms with Crippen molar-refractivity contribution in [1.82, 2.24) is 24.4 Å². The monoisotopic (exact) mass is 561 g/mol. The molecule has 1 aliphatic carbocycles. The summed E-state index contributed by atoms with van der Waals surface area (Å²) in [6.07, 6.45) is 9.37. The lowest BCUT2D eigenvalue weighted by Gasteiger charge is -2.43. The zero-order chi connectivity index (χ0) is 28.6. The van der Waals surface area contributed by atoms with Gasteiger partial charge in [0.2, 0.25) is 5.91 Å². The molecule has 0 spiro atoms. The molecule has 10 heteroatoms. The average Bonchev–Trinajstić information content (AvgIpc) is 3.44. The molecule has 2 N–H and O–H groups in total. The van der Waals surface area contributed by atoms with Crippen LogP contribution < -0.4 is 10.6 Å². The Morgan fingerprint density at radius 3 is 2.49 bits per heavy atom. The zero-order valence-corrected chi connectivity index (χ0v) is 24.5. The molecule has 5 heterocycles. The minimum Gasteiger partial charge on any atom is -0.383 e. The van der Waals surface area contributed by atoms with Gasteiger partial charge in [-0.15, -0.1) is 0 Å². The Labute approximate surface area is 242 Å². The van der Waals surface area contributed by atoms with Gasteiger partial charge < -0.3 is 25.0 Å². The molecule has 220 valence electrons. The topological polar surface area (TPSA) is 101 Å². The van der Waals surface area contributed by atoms with E-state index in [1.165, 1.54) is 0 Å². The van der Waals surface area contributed by atoms with Gasteiger partial charge in [0.25, 0.3) is 0 Å². The minimum absolute atomic E-state index is 0.118. The smallest absolute Gasteiger partial charge is 0.225 e. The summed E-state index contributed by atoms with van der Waals surface area (Å²) in [6, 6.07) is 9.10. The summed E-state index contributed by atoms with van der Waals surface area (Å²) in [4.78, 5) is 24.5. The van der Waals surface area contributed by atoms with Crippen molar-refractivity contribution in [3.8, 4) is 11.3 Å². The van der Waals surface area contributed by atoms with E-state index in [-0.39, 0.29) is 23.5 Å². The molecule has 0 radical (unpaired) electrons. The second-order valence-corrected chi connectivity index (χ2v) is 12.0. The van der Waals surface area contributed by atoms with Crippen LogP contribution in [0.3, 0.4) is 0 Å². The van der Waals surface area contributed by atoms with Crippen LogP contribution in [-0.2, 0) is 19.9 Å². The Hall–Kier alpha value is -3.05. The van der Waals surface area contributed by atoms with E-state index in [4.69, 9.17) is 20.2 Å². The van der Waals surface area contributed by atoms with E-state index in [0.29, 0.717) is 6.04 Å². The van der Waals surface area contributed by atoms with Gasteiger partial charge in [0.1, 0.15) is 0 Å². The van der Waals surface area contributed by atoms with Crippen molar-refractivity contribution in [3.63, 3.8) is 0 Å². The predicted octanol–water partition coefficient (Wildman–Crippen LogP) is 2.75. The summed E-state index contributed by atoms with van der Waals surface area (Å²) in [5.41, 5.74) is 10.8. The largest absolute Gasteiger partial charge is 0.383 e. The molecule has 3 aliphatic rings. The first-order valence-electron chi connectivity index (χ1n) is 14.9. The van der Waals surface area contributed by atoms with E-state index < -0.39 is 0 Å². The number of piperazine rings is 1. The standard InChI is InChI=1S/C31H43N7O3/c1-22(21-40-2)35-10-7-31(41-3,8-11-35)25-4-5-27(33-19-25)24-18-29-28(6-9-34-38(29)20-24)36-12-14-37(15-13-36)30(39)23-16-26(32)17-23/h4-6,9,18-20,22-23,26H,7-8,10-17,21,32H2,1-3H3/t22-,23-,26-/m1/s1. The first-order valence-corrected chi connectivity index (χ1v) is 14.9. The van der Waals surface area contributed by atoms with Crippen molar-refractivity contribution in [1.29, 1.82) is 0 Å². The molecule has 0 aromatic carbocycles. The van der Waals surface area contributed by atoms with Crippen LogP contribution in [0, 0.1) is 5.92 Å². The van der Waals surface area contributed by atoms with Crippen LogP contribution in [0.15, 0.2) is 42.9 Å². The Morgan fingerprint density at radius 1 is 1.10 bits per heavy atom. The second kappa shape index (κ2) is 11.7. The van der Waals surface area contributed by atoms with Crippen LogP contribution >= 0.6 is 0 Å². The highest BCUT2D eigenvalue weighted by atomic mass is 16.5. The summed E-state index contributed by atoms with van der Waals surface area (Å²) in [5, 5.41) is 4.58. The summed E-state index contributed by atoms with van der Waals surface area (Å²) in [7, 11) is 3.57. The fourth-order valence-electron chi connectivity index (χ4n) is 6.81. The van der Waals surface area contributed by atoms with Gasteiger partial charge in [0.05, 0.1) is 29.1 Å². The molecule has 3 aromatic rings. The number of likely N-dealkylation sites (tertiary alicyclic amines) is 1. The number of aromatic nitrogens is 3. The lowest BCUT2D eigenvalue weighted by atomic mass is 9.80. The van der Waals surface area contributed by atoms with Gasteiger partial charge in [-0.2, -0.15) is 5.10 Å².